The zero-order chi connectivity index (χ0) is 19.5. The first kappa shape index (κ1) is 18.2. The van der Waals surface area contributed by atoms with Gasteiger partial charge in [-0.1, -0.05) is 60.7 Å². The summed E-state index contributed by atoms with van der Waals surface area (Å²) in [5.41, 5.74) is 2.58. The van der Waals surface area contributed by atoms with Crippen LogP contribution in [0.1, 0.15) is 17.7 Å². The van der Waals surface area contributed by atoms with Crippen molar-refractivity contribution in [3.05, 3.63) is 82.9 Å². The molecule has 2 heterocycles. The second kappa shape index (κ2) is 7.85. The van der Waals surface area contributed by atoms with E-state index in [1.807, 2.05) is 60.7 Å². The molecule has 0 aliphatic carbocycles. The van der Waals surface area contributed by atoms with E-state index in [-0.39, 0.29) is 10.4 Å². The molecule has 0 unspecified atom stereocenters. The van der Waals surface area contributed by atoms with Gasteiger partial charge in [-0.15, -0.1) is 0 Å². The number of nitrogens with zero attached hydrogens (tertiary/aromatic N) is 4. The number of fused-ring (bicyclic) bond motifs is 1. The highest BCUT2D eigenvalue weighted by molar-refractivity contribution is 7.71. The van der Waals surface area contributed by atoms with Crippen LogP contribution in [0.2, 0.25) is 0 Å². The molecule has 4 rings (SSSR count). The van der Waals surface area contributed by atoms with Gasteiger partial charge in [0.2, 0.25) is 0 Å². The van der Waals surface area contributed by atoms with Crippen molar-refractivity contribution in [2.75, 3.05) is 5.32 Å². The average molecular weight is 397 g/mol. The highest BCUT2D eigenvalue weighted by Crippen LogP contribution is 2.27. The molecule has 0 amide bonds. The Bertz CT molecular complexity index is 1140. The Morgan fingerprint density at radius 3 is 2.21 bits per heavy atom. The zero-order valence-electron chi connectivity index (χ0n) is 14.8. The van der Waals surface area contributed by atoms with Crippen molar-refractivity contribution >= 4 is 29.2 Å². The van der Waals surface area contributed by atoms with Gasteiger partial charge in [-0.3, -0.25) is 0 Å². The lowest BCUT2D eigenvalue weighted by atomic mass is 10.2. The van der Waals surface area contributed by atoms with E-state index in [1.165, 1.54) is 6.33 Å². The van der Waals surface area contributed by atoms with Crippen molar-refractivity contribution in [2.45, 2.75) is 19.6 Å². The number of anilines is 1. The van der Waals surface area contributed by atoms with Crippen LogP contribution in [-0.2, 0) is 13.1 Å². The second-order valence-corrected chi connectivity index (χ2v) is 6.60. The number of halogens is 2. The van der Waals surface area contributed by atoms with Crippen LogP contribution in [0.25, 0.3) is 11.2 Å². The van der Waals surface area contributed by atoms with Crippen LogP contribution in [0.15, 0.2) is 67.0 Å². The minimum absolute atomic E-state index is 0.0112. The Hall–Kier alpha value is -3.13. The van der Waals surface area contributed by atoms with E-state index in [2.05, 4.69) is 15.3 Å². The molecule has 5 nitrogen and oxygen atoms in total. The van der Waals surface area contributed by atoms with Crippen LogP contribution in [-0.4, -0.2) is 19.1 Å². The van der Waals surface area contributed by atoms with Crippen molar-refractivity contribution in [3.8, 4) is 0 Å². The number of aromatic nitrogens is 4. The normalized spacial score (nSPS) is 11.2. The molecule has 0 saturated heterocycles. The minimum atomic E-state index is -2.79. The van der Waals surface area contributed by atoms with Gasteiger partial charge in [0.1, 0.15) is 11.8 Å². The van der Waals surface area contributed by atoms with Gasteiger partial charge in [-0.05, 0) is 23.3 Å². The maximum Gasteiger partial charge on any atom is 0.322 e. The summed E-state index contributed by atoms with van der Waals surface area (Å²) in [5.74, 6) is 0.468. The molecule has 0 aliphatic heterocycles. The Morgan fingerprint density at radius 1 is 0.929 bits per heavy atom. The van der Waals surface area contributed by atoms with E-state index in [4.69, 9.17) is 12.2 Å². The molecule has 0 atom stereocenters. The highest BCUT2D eigenvalue weighted by atomic mass is 32.1. The summed E-state index contributed by atoms with van der Waals surface area (Å²) in [6.07, 6.45) is 1.27. The first-order valence-corrected chi connectivity index (χ1v) is 9.11. The van der Waals surface area contributed by atoms with E-state index in [0.29, 0.717) is 24.4 Å². The van der Waals surface area contributed by atoms with Crippen molar-refractivity contribution in [3.63, 3.8) is 0 Å². The summed E-state index contributed by atoms with van der Waals surface area (Å²) in [4.78, 5) is 8.38. The molecule has 4 aromatic rings. The van der Waals surface area contributed by atoms with Crippen molar-refractivity contribution < 1.29 is 8.78 Å². The monoisotopic (exact) mass is 397 g/mol. The fourth-order valence-electron chi connectivity index (χ4n) is 3.11. The fourth-order valence-corrected chi connectivity index (χ4v) is 3.43. The summed E-state index contributed by atoms with van der Waals surface area (Å²) < 4.78 is 29.8. The summed E-state index contributed by atoms with van der Waals surface area (Å²) in [6, 6.07) is 19.3. The van der Waals surface area contributed by atoms with Gasteiger partial charge in [0.05, 0.1) is 6.54 Å². The Balaban J connectivity index is 1.82. The van der Waals surface area contributed by atoms with Gasteiger partial charge < -0.3 is 9.88 Å². The Kier molecular flexibility index (Phi) is 5.12. The Labute approximate surface area is 165 Å². The number of alkyl halides is 2. The predicted octanol–water partition coefficient (Wildman–Crippen LogP) is 5.02. The van der Waals surface area contributed by atoms with Gasteiger partial charge >= 0.3 is 6.55 Å². The molecule has 0 bridgehead atoms. The summed E-state index contributed by atoms with van der Waals surface area (Å²) in [6.45, 7) is -1.93. The van der Waals surface area contributed by atoms with Gasteiger partial charge in [0, 0.05) is 6.54 Å². The average Bonchev–Trinajstić information content (AvgIpc) is 3.00. The molecule has 0 radical (unpaired) electrons. The summed E-state index contributed by atoms with van der Waals surface area (Å²) in [7, 11) is 0. The van der Waals surface area contributed by atoms with Crippen LogP contribution in [0.4, 0.5) is 14.6 Å². The maximum atomic E-state index is 13.7. The zero-order valence-corrected chi connectivity index (χ0v) is 15.6. The van der Waals surface area contributed by atoms with Crippen LogP contribution < -0.4 is 5.32 Å². The lowest BCUT2D eigenvalue weighted by molar-refractivity contribution is 0.0718. The van der Waals surface area contributed by atoms with E-state index >= 15 is 0 Å². The van der Waals surface area contributed by atoms with Crippen molar-refractivity contribution in [1.29, 1.82) is 0 Å². The van der Waals surface area contributed by atoms with E-state index < -0.39 is 6.55 Å². The first-order chi connectivity index (χ1) is 13.6. The lowest BCUT2D eigenvalue weighted by Crippen LogP contribution is -2.06. The molecular weight excluding hydrogens is 380 g/mol. The third-order valence-corrected chi connectivity index (χ3v) is 4.84. The molecule has 0 fully saturated rings. The SMILES string of the molecule is FC(F)n1c(=S)n(Cc2ccccc2)c2c(NCc3ccccc3)ncnc21. The molecule has 0 spiro atoms. The second-order valence-electron chi connectivity index (χ2n) is 6.24. The van der Waals surface area contributed by atoms with Crippen LogP contribution in [0.5, 0.6) is 0 Å². The molecule has 2 aromatic carbocycles. The van der Waals surface area contributed by atoms with Crippen molar-refractivity contribution in [2.24, 2.45) is 0 Å². The third-order valence-electron chi connectivity index (χ3n) is 4.42. The molecule has 0 aliphatic rings. The predicted molar refractivity (Wildman–Crippen MR) is 107 cm³/mol. The standard InChI is InChI=1S/C20H17F2N5S/c21-19(22)27-18-16(26(20(27)28)12-15-9-5-2-6-10-15)17(24-13-25-18)23-11-14-7-3-1-4-8-14/h1-10,13,19H,11-12H2,(H,23,24,25). The van der Waals surface area contributed by atoms with Gasteiger partial charge in [0.15, 0.2) is 16.2 Å². The molecule has 8 heteroatoms. The quantitative estimate of drug-likeness (QED) is 0.464. The number of hydrogen-bond donors (Lipinski definition) is 1. The molecule has 142 valence electrons. The molecular formula is C20H17F2N5S. The van der Waals surface area contributed by atoms with Gasteiger partial charge in [-0.2, -0.15) is 8.78 Å². The minimum Gasteiger partial charge on any atom is -0.364 e. The van der Waals surface area contributed by atoms with E-state index in [9.17, 15) is 8.78 Å². The Morgan fingerprint density at radius 2 is 1.57 bits per heavy atom. The molecule has 1 N–H and O–H groups in total. The number of rotatable bonds is 6. The number of hydrogen-bond acceptors (Lipinski definition) is 4. The molecule has 0 saturated carbocycles. The number of nitrogens with one attached hydrogen (secondary N) is 1. The summed E-state index contributed by atoms with van der Waals surface area (Å²) in [5, 5.41) is 3.23. The molecule has 2 aromatic heterocycles. The third kappa shape index (κ3) is 3.50. The topological polar surface area (TPSA) is 47.7 Å². The molecule has 28 heavy (non-hydrogen) atoms. The fraction of sp³-hybridized carbons (Fsp3) is 0.150. The van der Waals surface area contributed by atoms with Crippen LogP contribution >= 0.6 is 12.2 Å². The van der Waals surface area contributed by atoms with Gasteiger partial charge in [-0.25, -0.2) is 14.5 Å². The summed E-state index contributed by atoms with van der Waals surface area (Å²) >= 11 is 5.36. The highest BCUT2D eigenvalue weighted by Gasteiger charge is 2.21. The number of imidazole rings is 1. The lowest BCUT2D eigenvalue weighted by Gasteiger charge is -2.10. The van der Waals surface area contributed by atoms with Gasteiger partial charge in [0.25, 0.3) is 0 Å². The van der Waals surface area contributed by atoms with E-state index in [0.717, 1.165) is 15.7 Å². The van der Waals surface area contributed by atoms with E-state index in [1.54, 1.807) is 4.57 Å². The number of benzene rings is 2. The smallest absolute Gasteiger partial charge is 0.322 e. The maximum absolute atomic E-state index is 13.7. The van der Waals surface area contributed by atoms with Crippen molar-refractivity contribution in [1.82, 2.24) is 19.1 Å². The van der Waals surface area contributed by atoms with Crippen LogP contribution in [0.3, 0.4) is 0 Å². The largest absolute Gasteiger partial charge is 0.364 e. The first-order valence-electron chi connectivity index (χ1n) is 8.71. The van der Waals surface area contributed by atoms with Crippen LogP contribution in [0, 0.1) is 4.77 Å².